The van der Waals surface area contributed by atoms with Crippen LogP contribution in [0, 0.1) is 24.1 Å². The van der Waals surface area contributed by atoms with Crippen molar-refractivity contribution in [3.63, 3.8) is 0 Å². The smallest absolute Gasteiger partial charge is 0.238 e. The number of hydrogen-bond acceptors (Lipinski definition) is 6. The standard InChI is InChI=1S/C15H15FN4O2/c1-9-18-19-15(22-9)14-6-10(21-2)8-20(14)13-5-3-4-12(16)11(13)7-17/h3-5,10,14H,6,8H2,1-2H3/t10-,14+/m0/s1. The van der Waals surface area contributed by atoms with E-state index in [9.17, 15) is 9.65 Å². The first-order valence-corrected chi connectivity index (χ1v) is 6.92. The zero-order chi connectivity index (χ0) is 15.7. The van der Waals surface area contributed by atoms with Crippen molar-refractivity contribution >= 4 is 5.69 Å². The number of nitriles is 1. The molecule has 0 radical (unpaired) electrons. The molecule has 0 aliphatic carbocycles. The highest BCUT2D eigenvalue weighted by atomic mass is 19.1. The molecule has 1 saturated heterocycles. The lowest BCUT2D eigenvalue weighted by atomic mass is 10.1. The summed E-state index contributed by atoms with van der Waals surface area (Å²) in [5.74, 6) is 0.377. The van der Waals surface area contributed by atoms with Crippen molar-refractivity contribution in [2.45, 2.75) is 25.5 Å². The summed E-state index contributed by atoms with van der Waals surface area (Å²) in [6.07, 6.45) is 0.589. The van der Waals surface area contributed by atoms with Crippen LogP contribution in [-0.2, 0) is 4.74 Å². The molecule has 7 heteroatoms. The number of hydrogen-bond donors (Lipinski definition) is 0. The molecule has 114 valence electrons. The van der Waals surface area contributed by atoms with Gasteiger partial charge in [0.1, 0.15) is 23.5 Å². The first kappa shape index (κ1) is 14.5. The molecule has 1 aromatic heterocycles. The third-order valence-corrected chi connectivity index (χ3v) is 3.84. The molecule has 3 rings (SSSR count). The second-order valence-electron chi connectivity index (χ2n) is 5.17. The van der Waals surface area contributed by atoms with Crippen molar-refractivity contribution in [1.29, 1.82) is 5.26 Å². The molecule has 6 nitrogen and oxygen atoms in total. The molecule has 0 amide bonds. The lowest BCUT2D eigenvalue weighted by molar-refractivity contribution is 0.117. The number of aromatic nitrogens is 2. The monoisotopic (exact) mass is 302 g/mol. The summed E-state index contributed by atoms with van der Waals surface area (Å²) >= 11 is 0. The fourth-order valence-corrected chi connectivity index (χ4v) is 2.78. The number of halogens is 1. The van der Waals surface area contributed by atoms with Crippen molar-refractivity contribution in [2.24, 2.45) is 0 Å². The van der Waals surface area contributed by atoms with Gasteiger partial charge in [0.2, 0.25) is 11.8 Å². The summed E-state index contributed by atoms with van der Waals surface area (Å²) in [5, 5.41) is 17.2. The van der Waals surface area contributed by atoms with E-state index >= 15 is 0 Å². The highest BCUT2D eigenvalue weighted by Gasteiger charge is 2.38. The summed E-state index contributed by atoms with van der Waals surface area (Å²) in [6.45, 7) is 2.24. The number of rotatable bonds is 3. The average molecular weight is 302 g/mol. The number of aryl methyl sites for hydroxylation is 1. The van der Waals surface area contributed by atoms with Crippen LogP contribution in [0.2, 0.25) is 0 Å². The van der Waals surface area contributed by atoms with Crippen LogP contribution in [0.15, 0.2) is 22.6 Å². The molecule has 2 aromatic rings. The molecular weight excluding hydrogens is 287 g/mol. The second-order valence-corrected chi connectivity index (χ2v) is 5.17. The van der Waals surface area contributed by atoms with E-state index in [2.05, 4.69) is 10.2 Å². The van der Waals surface area contributed by atoms with Crippen molar-refractivity contribution in [2.75, 3.05) is 18.6 Å². The Kier molecular flexibility index (Phi) is 3.77. The molecule has 0 unspecified atom stereocenters. The third kappa shape index (κ3) is 2.42. The van der Waals surface area contributed by atoms with Gasteiger partial charge in [0, 0.05) is 27.0 Å². The van der Waals surface area contributed by atoms with Gasteiger partial charge in [0.15, 0.2) is 0 Å². The van der Waals surface area contributed by atoms with Gasteiger partial charge in [-0.2, -0.15) is 5.26 Å². The van der Waals surface area contributed by atoms with Crippen LogP contribution in [0.1, 0.15) is 29.8 Å². The molecule has 2 atom stereocenters. The molecule has 1 aromatic carbocycles. The highest BCUT2D eigenvalue weighted by molar-refractivity contribution is 5.61. The third-order valence-electron chi connectivity index (χ3n) is 3.84. The highest BCUT2D eigenvalue weighted by Crippen LogP contribution is 2.38. The van der Waals surface area contributed by atoms with E-state index < -0.39 is 5.82 Å². The Balaban J connectivity index is 2.03. The number of anilines is 1. The predicted octanol–water partition coefficient (Wildman–Crippen LogP) is 2.36. The molecule has 2 heterocycles. The number of methoxy groups -OCH3 is 1. The summed E-state index contributed by atoms with van der Waals surface area (Å²) < 4.78 is 24.8. The van der Waals surface area contributed by atoms with E-state index in [4.69, 9.17) is 9.15 Å². The minimum Gasteiger partial charge on any atom is -0.423 e. The maximum atomic E-state index is 13.9. The molecule has 0 spiro atoms. The topological polar surface area (TPSA) is 75.2 Å². The minimum absolute atomic E-state index is 0.0143. The number of nitrogens with zero attached hydrogens (tertiary/aromatic N) is 4. The Labute approximate surface area is 127 Å². The van der Waals surface area contributed by atoms with Gasteiger partial charge in [-0.05, 0) is 12.1 Å². The van der Waals surface area contributed by atoms with Crippen molar-refractivity contribution < 1.29 is 13.5 Å². The van der Waals surface area contributed by atoms with Gasteiger partial charge in [-0.3, -0.25) is 0 Å². The maximum absolute atomic E-state index is 13.9. The molecule has 0 N–H and O–H groups in total. The predicted molar refractivity (Wildman–Crippen MR) is 75.7 cm³/mol. The Hall–Kier alpha value is -2.46. The van der Waals surface area contributed by atoms with Crippen LogP contribution in [0.5, 0.6) is 0 Å². The van der Waals surface area contributed by atoms with Gasteiger partial charge in [-0.15, -0.1) is 10.2 Å². The lowest BCUT2D eigenvalue weighted by Gasteiger charge is -2.25. The Morgan fingerprint density at radius 2 is 2.27 bits per heavy atom. The van der Waals surface area contributed by atoms with E-state index in [1.54, 1.807) is 26.2 Å². The summed E-state index contributed by atoms with van der Waals surface area (Å²) in [4.78, 5) is 1.89. The normalized spacial score (nSPS) is 21.1. The van der Waals surface area contributed by atoms with Gasteiger partial charge in [0.05, 0.1) is 11.8 Å². The van der Waals surface area contributed by atoms with Gasteiger partial charge in [-0.25, -0.2) is 4.39 Å². The molecule has 0 bridgehead atoms. The molecule has 1 aliphatic rings. The summed E-state index contributed by atoms with van der Waals surface area (Å²) in [7, 11) is 1.63. The van der Waals surface area contributed by atoms with Crippen LogP contribution in [-0.4, -0.2) is 30.0 Å². The van der Waals surface area contributed by atoms with Crippen molar-refractivity contribution in [3.05, 3.63) is 41.4 Å². The molecule has 22 heavy (non-hydrogen) atoms. The summed E-state index contributed by atoms with van der Waals surface area (Å²) in [5.41, 5.74) is 0.531. The zero-order valence-corrected chi connectivity index (χ0v) is 12.3. The van der Waals surface area contributed by atoms with Crippen LogP contribution in [0.3, 0.4) is 0 Å². The van der Waals surface area contributed by atoms with Crippen LogP contribution >= 0.6 is 0 Å². The Bertz CT molecular complexity index is 725. The average Bonchev–Trinajstić information content (AvgIpc) is 3.12. The number of ether oxygens (including phenoxy) is 1. The first-order chi connectivity index (χ1) is 10.6. The summed E-state index contributed by atoms with van der Waals surface area (Å²) in [6, 6.07) is 6.27. The Morgan fingerprint density at radius 3 is 2.91 bits per heavy atom. The quantitative estimate of drug-likeness (QED) is 0.866. The van der Waals surface area contributed by atoms with Gasteiger partial charge in [-0.1, -0.05) is 6.07 Å². The molecule has 1 aliphatic heterocycles. The largest absolute Gasteiger partial charge is 0.423 e. The van der Waals surface area contributed by atoms with Crippen LogP contribution < -0.4 is 4.90 Å². The van der Waals surface area contributed by atoms with E-state index in [0.29, 0.717) is 30.4 Å². The number of benzene rings is 1. The van der Waals surface area contributed by atoms with Crippen molar-refractivity contribution in [1.82, 2.24) is 10.2 Å². The second kappa shape index (κ2) is 5.73. The molecular formula is C15H15FN4O2. The molecule has 1 fully saturated rings. The molecule has 0 saturated carbocycles. The fraction of sp³-hybridized carbons (Fsp3) is 0.400. The fourth-order valence-electron chi connectivity index (χ4n) is 2.78. The van der Waals surface area contributed by atoms with E-state index in [1.807, 2.05) is 11.0 Å². The maximum Gasteiger partial charge on any atom is 0.238 e. The minimum atomic E-state index is -0.540. The van der Waals surface area contributed by atoms with E-state index in [1.165, 1.54) is 6.07 Å². The first-order valence-electron chi connectivity index (χ1n) is 6.92. The van der Waals surface area contributed by atoms with E-state index in [-0.39, 0.29) is 17.7 Å². The van der Waals surface area contributed by atoms with Gasteiger partial charge in [0.25, 0.3) is 0 Å². The van der Waals surface area contributed by atoms with Gasteiger partial charge >= 0.3 is 0 Å². The lowest BCUT2D eigenvalue weighted by Crippen LogP contribution is -2.26. The van der Waals surface area contributed by atoms with Gasteiger partial charge < -0.3 is 14.1 Å². The SMILES string of the molecule is CO[C@H]1C[C@H](c2nnc(C)o2)N(c2cccc(F)c2C#N)C1. The Morgan fingerprint density at radius 1 is 1.45 bits per heavy atom. The van der Waals surface area contributed by atoms with Crippen molar-refractivity contribution in [3.8, 4) is 6.07 Å². The van der Waals surface area contributed by atoms with Crippen LogP contribution in [0.4, 0.5) is 10.1 Å². The zero-order valence-electron chi connectivity index (χ0n) is 12.3. The van der Waals surface area contributed by atoms with Crippen LogP contribution in [0.25, 0.3) is 0 Å². The van der Waals surface area contributed by atoms with E-state index in [0.717, 1.165) is 0 Å².